The molecule has 0 spiro atoms. The van der Waals surface area contributed by atoms with E-state index in [9.17, 15) is 9.59 Å². The van der Waals surface area contributed by atoms with Crippen molar-refractivity contribution in [2.75, 3.05) is 27.9 Å². The van der Waals surface area contributed by atoms with Gasteiger partial charge in [0.1, 0.15) is 17.1 Å². The second-order valence-corrected chi connectivity index (χ2v) is 6.85. The lowest BCUT2D eigenvalue weighted by Gasteiger charge is -2.21. The Balaban J connectivity index is 2.01. The minimum absolute atomic E-state index is 0.167. The smallest absolute Gasteiger partial charge is 0.348 e. The molecule has 31 heavy (non-hydrogen) atoms. The van der Waals surface area contributed by atoms with Crippen molar-refractivity contribution < 1.29 is 32.9 Å². The number of methoxy groups -OCH3 is 3. The first-order chi connectivity index (χ1) is 15.0. The summed E-state index contributed by atoms with van der Waals surface area (Å²) < 4.78 is 33.2. The van der Waals surface area contributed by atoms with Gasteiger partial charge in [-0.05, 0) is 25.1 Å². The molecule has 0 bridgehead atoms. The molecule has 3 aromatic rings. The van der Waals surface area contributed by atoms with Crippen LogP contribution in [0.15, 0.2) is 45.6 Å². The van der Waals surface area contributed by atoms with Crippen molar-refractivity contribution in [3.8, 4) is 23.0 Å². The number of benzene rings is 2. The van der Waals surface area contributed by atoms with Gasteiger partial charge in [-0.15, -0.1) is 0 Å². The van der Waals surface area contributed by atoms with E-state index in [4.69, 9.17) is 28.1 Å². The summed E-state index contributed by atoms with van der Waals surface area (Å²) >= 11 is 0. The molecule has 1 aliphatic heterocycles. The summed E-state index contributed by atoms with van der Waals surface area (Å²) in [7, 11) is 4.49. The molecule has 2 atom stereocenters. The van der Waals surface area contributed by atoms with Gasteiger partial charge in [-0.3, -0.25) is 0 Å². The highest BCUT2D eigenvalue weighted by Crippen LogP contribution is 2.49. The van der Waals surface area contributed by atoms with E-state index < -0.39 is 23.6 Å². The molecule has 0 fully saturated rings. The summed E-state index contributed by atoms with van der Waals surface area (Å²) in [5.41, 5.74) is 0.512. The normalized spacial score (nSPS) is 17.0. The summed E-state index contributed by atoms with van der Waals surface area (Å²) in [6.07, 6.45) is -1.10. The molecule has 1 aliphatic rings. The largest absolute Gasteiger partial charge is 0.496 e. The van der Waals surface area contributed by atoms with E-state index in [1.54, 1.807) is 43.3 Å². The molecule has 0 aliphatic carbocycles. The Morgan fingerprint density at radius 2 is 1.68 bits per heavy atom. The van der Waals surface area contributed by atoms with Crippen LogP contribution in [0.1, 0.15) is 24.0 Å². The predicted molar refractivity (Wildman–Crippen MR) is 111 cm³/mol. The van der Waals surface area contributed by atoms with Crippen molar-refractivity contribution in [2.45, 2.75) is 18.9 Å². The van der Waals surface area contributed by atoms with Crippen LogP contribution in [0.3, 0.4) is 0 Å². The number of carbonyl (C=O) groups is 1. The predicted octanol–water partition coefficient (Wildman–Crippen LogP) is 3.27. The average molecular weight is 426 g/mol. The highest BCUT2D eigenvalue weighted by molar-refractivity contribution is 5.89. The third-order valence-electron chi connectivity index (χ3n) is 5.25. The van der Waals surface area contributed by atoms with Crippen LogP contribution in [0, 0.1) is 0 Å². The minimum Gasteiger partial charge on any atom is -0.496 e. The van der Waals surface area contributed by atoms with Crippen molar-refractivity contribution >= 4 is 16.9 Å². The highest BCUT2D eigenvalue weighted by atomic mass is 16.6. The van der Waals surface area contributed by atoms with Crippen LogP contribution in [-0.4, -0.2) is 40.0 Å². The van der Waals surface area contributed by atoms with Crippen LogP contribution in [0.5, 0.6) is 23.0 Å². The zero-order valence-corrected chi connectivity index (χ0v) is 17.6. The second-order valence-electron chi connectivity index (χ2n) is 6.85. The number of rotatable bonds is 6. The van der Waals surface area contributed by atoms with E-state index in [-0.39, 0.29) is 12.2 Å². The Labute approximate surface area is 178 Å². The Morgan fingerprint density at radius 3 is 2.35 bits per heavy atom. The van der Waals surface area contributed by atoms with E-state index in [1.165, 1.54) is 21.3 Å². The number of esters is 1. The Bertz CT molecular complexity index is 1200. The lowest BCUT2D eigenvalue weighted by Crippen LogP contribution is -2.32. The molecule has 162 valence electrons. The van der Waals surface area contributed by atoms with Crippen LogP contribution in [0.4, 0.5) is 0 Å². The van der Waals surface area contributed by atoms with Crippen LogP contribution in [0.2, 0.25) is 0 Å². The van der Waals surface area contributed by atoms with E-state index >= 15 is 0 Å². The summed E-state index contributed by atoms with van der Waals surface area (Å²) in [5.74, 6) is 0.140. The molecule has 0 N–H and O–H groups in total. The van der Waals surface area contributed by atoms with E-state index in [0.29, 0.717) is 39.5 Å². The SMILES string of the molecule is CCOC(=O)[C@@H]1Oc2c(c(=O)oc3ccccc23)[C@@H]1c1cc(OC)c(OC)cc1OC. The third-order valence-corrected chi connectivity index (χ3v) is 5.25. The number of ether oxygens (including phenoxy) is 5. The van der Waals surface area contributed by atoms with Gasteiger partial charge < -0.3 is 28.1 Å². The van der Waals surface area contributed by atoms with Gasteiger partial charge in [0.05, 0.1) is 44.8 Å². The van der Waals surface area contributed by atoms with Gasteiger partial charge in [-0.25, -0.2) is 9.59 Å². The zero-order valence-electron chi connectivity index (χ0n) is 17.6. The van der Waals surface area contributed by atoms with E-state index in [0.717, 1.165) is 0 Å². The molecule has 0 amide bonds. The second kappa shape index (κ2) is 8.22. The van der Waals surface area contributed by atoms with Crippen LogP contribution >= 0.6 is 0 Å². The molecule has 0 radical (unpaired) electrons. The molecule has 8 nitrogen and oxygen atoms in total. The molecule has 2 aromatic carbocycles. The summed E-state index contributed by atoms with van der Waals surface area (Å²) in [4.78, 5) is 25.9. The van der Waals surface area contributed by atoms with Crippen molar-refractivity contribution in [3.63, 3.8) is 0 Å². The van der Waals surface area contributed by atoms with Gasteiger partial charge >= 0.3 is 11.6 Å². The summed E-state index contributed by atoms with van der Waals surface area (Å²) in [5, 5.41) is 0.591. The molecule has 0 saturated heterocycles. The van der Waals surface area contributed by atoms with Crippen molar-refractivity contribution in [1.82, 2.24) is 0 Å². The molecule has 0 saturated carbocycles. The van der Waals surface area contributed by atoms with Crippen molar-refractivity contribution in [3.05, 3.63) is 57.9 Å². The Hall–Kier alpha value is -3.68. The number of hydrogen-bond donors (Lipinski definition) is 0. The maximum atomic E-state index is 13.0. The number of para-hydroxylation sites is 1. The fraction of sp³-hybridized carbons (Fsp3) is 0.304. The van der Waals surface area contributed by atoms with Crippen molar-refractivity contribution in [2.24, 2.45) is 0 Å². The zero-order chi connectivity index (χ0) is 22.1. The maximum Gasteiger partial charge on any atom is 0.348 e. The molecule has 1 aromatic heterocycles. The molecular weight excluding hydrogens is 404 g/mol. The first-order valence-corrected chi connectivity index (χ1v) is 9.72. The quantitative estimate of drug-likeness (QED) is 0.438. The average Bonchev–Trinajstić information content (AvgIpc) is 3.20. The lowest BCUT2D eigenvalue weighted by molar-refractivity contribution is -0.151. The number of fused-ring (bicyclic) bond motifs is 3. The van der Waals surface area contributed by atoms with Gasteiger partial charge in [0, 0.05) is 11.6 Å². The third kappa shape index (κ3) is 3.34. The van der Waals surface area contributed by atoms with Gasteiger partial charge in [-0.2, -0.15) is 0 Å². The topological polar surface area (TPSA) is 93.4 Å². The fourth-order valence-electron chi connectivity index (χ4n) is 3.90. The van der Waals surface area contributed by atoms with E-state index in [2.05, 4.69) is 0 Å². The Kier molecular flexibility index (Phi) is 5.46. The number of hydrogen-bond acceptors (Lipinski definition) is 8. The summed E-state index contributed by atoms with van der Waals surface area (Å²) in [6, 6.07) is 10.3. The standard InChI is InChI=1S/C23H22O8/c1-5-29-23(25)21-18(13-10-16(27-3)17(28-4)11-15(13)26-2)19-20(31-21)12-8-6-7-9-14(12)30-22(19)24/h6-11,18,21H,5H2,1-4H3/t18-,21+/m0/s1. The van der Waals surface area contributed by atoms with Gasteiger partial charge in [0.2, 0.25) is 6.10 Å². The first-order valence-electron chi connectivity index (χ1n) is 9.72. The molecular formula is C23H22O8. The van der Waals surface area contributed by atoms with Crippen LogP contribution in [-0.2, 0) is 9.53 Å². The lowest BCUT2D eigenvalue weighted by atomic mass is 9.87. The maximum absolute atomic E-state index is 13.0. The van der Waals surface area contributed by atoms with Crippen molar-refractivity contribution in [1.29, 1.82) is 0 Å². The minimum atomic E-state index is -1.10. The number of carbonyl (C=O) groups excluding carboxylic acids is 1. The molecule has 2 heterocycles. The van der Waals surface area contributed by atoms with Crippen LogP contribution < -0.4 is 24.6 Å². The first kappa shape index (κ1) is 20.6. The van der Waals surface area contributed by atoms with E-state index in [1.807, 2.05) is 0 Å². The monoisotopic (exact) mass is 426 g/mol. The van der Waals surface area contributed by atoms with Gasteiger partial charge in [0.15, 0.2) is 11.5 Å². The highest BCUT2D eigenvalue weighted by Gasteiger charge is 2.46. The van der Waals surface area contributed by atoms with Gasteiger partial charge in [0.25, 0.3) is 0 Å². The van der Waals surface area contributed by atoms with Gasteiger partial charge in [-0.1, -0.05) is 12.1 Å². The van der Waals surface area contributed by atoms with Crippen LogP contribution in [0.25, 0.3) is 11.0 Å². The molecule has 4 rings (SSSR count). The molecule has 0 unspecified atom stereocenters. The Morgan fingerprint density at radius 1 is 1.00 bits per heavy atom. The fourth-order valence-corrected chi connectivity index (χ4v) is 3.90. The molecule has 8 heteroatoms. The summed E-state index contributed by atoms with van der Waals surface area (Å²) in [6.45, 7) is 1.87.